The molecule has 0 amide bonds. The Balaban J connectivity index is 0.000000360. The molecule has 0 spiro atoms. The SMILES string of the molecule is NC1=NCC[N-]1.[Rb+]. The maximum atomic E-state index is 5.12. The summed E-state index contributed by atoms with van der Waals surface area (Å²) in [4.78, 5) is 3.76. The van der Waals surface area contributed by atoms with Gasteiger partial charge in [-0.25, -0.2) is 0 Å². The van der Waals surface area contributed by atoms with Crippen LogP contribution in [0.4, 0.5) is 0 Å². The predicted molar refractivity (Wildman–Crippen MR) is 24.7 cm³/mol. The first-order valence-corrected chi connectivity index (χ1v) is 1.87. The minimum absolute atomic E-state index is 0. The molecule has 1 heterocycles. The van der Waals surface area contributed by atoms with Gasteiger partial charge in [0, 0.05) is 5.96 Å². The monoisotopic (exact) mass is 169 g/mol. The van der Waals surface area contributed by atoms with E-state index in [1.807, 2.05) is 0 Å². The van der Waals surface area contributed by atoms with Gasteiger partial charge in [-0.15, -0.1) is 0 Å². The molecule has 0 atom stereocenters. The van der Waals surface area contributed by atoms with Crippen LogP contribution in [0.1, 0.15) is 0 Å². The number of aliphatic imine (C=N–C) groups is 1. The topological polar surface area (TPSA) is 52.5 Å². The number of nitrogens with two attached hydrogens (primary N) is 1. The van der Waals surface area contributed by atoms with E-state index in [2.05, 4.69) is 10.3 Å². The van der Waals surface area contributed by atoms with Crippen molar-refractivity contribution in [2.75, 3.05) is 13.1 Å². The van der Waals surface area contributed by atoms with Crippen LogP contribution in [0.2, 0.25) is 0 Å². The maximum Gasteiger partial charge on any atom is 1.00 e. The molecule has 1 rings (SSSR count). The van der Waals surface area contributed by atoms with Crippen LogP contribution in [0, 0.1) is 0 Å². The van der Waals surface area contributed by atoms with E-state index in [0.29, 0.717) is 5.96 Å². The third-order valence-corrected chi connectivity index (χ3v) is 0.648. The Labute approximate surface area is 91.5 Å². The van der Waals surface area contributed by atoms with Crippen LogP contribution in [-0.4, -0.2) is 19.0 Å². The number of hydrogen-bond donors (Lipinski definition) is 1. The van der Waals surface area contributed by atoms with Gasteiger partial charge in [0.25, 0.3) is 0 Å². The van der Waals surface area contributed by atoms with Gasteiger partial charge in [-0.1, -0.05) is 0 Å². The number of rotatable bonds is 0. The summed E-state index contributed by atoms with van der Waals surface area (Å²) in [5.74, 6) is 0.454. The molecule has 1 aliphatic heterocycles. The quantitative estimate of drug-likeness (QED) is 0.406. The Morgan fingerprint density at radius 1 is 1.71 bits per heavy atom. The van der Waals surface area contributed by atoms with Gasteiger partial charge < -0.3 is 16.0 Å². The fourth-order valence-corrected chi connectivity index (χ4v) is 0.379. The van der Waals surface area contributed by atoms with Gasteiger partial charge in [-0.3, -0.25) is 0 Å². The van der Waals surface area contributed by atoms with E-state index in [1.165, 1.54) is 0 Å². The zero-order valence-electron chi connectivity index (χ0n) is 4.39. The van der Waals surface area contributed by atoms with Crippen LogP contribution in [0.15, 0.2) is 4.99 Å². The average Bonchev–Trinajstić information content (AvgIpc) is 1.86. The van der Waals surface area contributed by atoms with Crippen LogP contribution >= 0.6 is 0 Å². The van der Waals surface area contributed by atoms with Crippen molar-refractivity contribution < 1.29 is 58.2 Å². The fourth-order valence-electron chi connectivity index (χ4n) is 0.379. The van der Waals surface area contributed by atoms with Crippen molar-refractivity contribution in [3.8, 4) is 0 Å². The fraction of sp³-hybridized carbons (Fsp3) is 0.667. The second kappa shape index (κ2) is 4.00. The van der Waals surface area contributed by atoms with E-state index in [9.17, 15) is 0 Å². The number of hydrogen-bond acceptors (Lipinski definition) is 2. The van der Waals surface area contributed by atoms with E-state index in [1.54, 1.807) is 0 Å². The van der Waals surface area contributed by atoms with E-state index in [-0.39, 0.29) is 58.2 Å². The summed E-state index contributed by atoms with van der Waals surface area (Å²) >= 11 is 0. The first kappa shape index (κ1) is 8.08. The Morgan fingerprint density at radius 2 is 2.43 bits per heavy atom. The van der Waals surface area contributed by atoms with Gasteiger partial charge >= 0.3 is 58.2 Å². The second-order valence-electron chi connectivity index (χ2n) is 1.12. The molecule has 1 aliphatic rings. The molecule has 2 N–H and O–H groups in total. The zero-order chi connectivity index (χ0) is 4.41. The first-order chi connectivity index (χ1) is 2.89. The smallest absolute Gasteiger partial charge is 0.454 e. The van der Waals surface area contributed by atoms with Crippen LogP contribution in [-0.2, 0) is 0 Å². The minimum Gasteiger partial charge on any atom is -0.454 e. The molecule has 34 valence electrons. The second-order valence-corrected chi connectivity index (χ2v) is 1.12. The standard InChI is InChI=1S/C3H6N3.Rb/c4-3-5-1-2-6-3;/h1-2H2,(H2-,4,5,6);/q-1;+1. The van der Waals surface area contributed by atoms with Crippen molar-refractivity contribution >= 4 is 5.96 Å². The van der Waals surface area contributed by atoms with E-state index in [0.717, 1.165) is 13.1 Å². The largest absolute Gasteiger partial charge is 1.00 e. The molecule has 0 saturated carbocycles. The number of guanidine groups is 1. The molecule has 0 aromatic heterocycles. The van der Waals surface area contributed by atoms with Crippen LogP contribution < -0.4 is 63.9 Å². The van der Waals surface area contributed by atoms with E-state index < -0.39 is 0 Å². The summed E-state index contributed by atoms with van der Waals surface area (Å²) < 4.78 is 0. The Kier molecular flexibility index (Phi) is 4.62. The molecule has 3 nitrogen and oxygen atoms in total. The maximum absolute atomic E-state index is 5.12. The normalized spacial score (nSPS) is 16.9. The van der Waals surface area contributed by atoms with Crippen LogP contribution in [0.5, 0.6) is 0 Å². The third-order valence-electron chi connectivity index (χ3n) is 0.648. The molecule has 4 heteroatoms. The molecular weight excluding hydrogens is 164 g/mol. The summed E-state index contributed by atoms with van der Waals surface area (Å²) in [7, 11) is 0. The Bertz CT molecular complexity index is 80.2. The molecular formula is C3H6N3Rb. The summed E-state index contributed by atoms with van der Waals surface area (Å²) in [5, 5.41) is 3.76. The van der Waals surface area contributed by atoms with Crippen molar-refractivity contribution in [2.45, 2.75) is 0 Å². The van der Waals surface area contributed by atoms with Crippen molar-refractivity contribution in [1.82, 2.24) is 0 Å². The van der Waals surface area contributed by atoms with Gasteiger partial charge in [0.05, 0.1) is 0 Å². The van der Waals surface area contributed by atoms with Crippen LogP contribution in [0.3, 0.4) is 0 Å². The number of nitrogens with zero attached hydrogens (tertiary/aromatic N) is 2. The molecule has 0 saturated heterocycles. The van der Waals surface area contributed by atoms with Gasteiger partial charge in [0.2, 0.25) is 0 Å². The summed E-state index contributed by atoms with van der Waals surface area (Å²) in [6.45, 7) is 1.57. The summed E-state index contributed by atoms with van der Waals surface area (Å²) in [6.07, 6.45) is 0. The molecule has 0 aromatic carbocycles. The summed E-state index contributed by atoms with van der Waals surface area (Å²) in [6, 6.07) is 0. The van der Waals surface area contributed by atoms with Crippen LogP contribution in [0.25, 0.3) is 5.32 Å². The minimum atomic E-state index is 0. The molecule has 0 aliphatic carbocycles. The van der Waals surface area contributed by atoms with Crippen molar-refractivity contribution in [1.29, 1.82) is 0 Å². The van der Waals surface area contributed by atoms with Crippen molar-refractivity contribution in [2.24, 2.45) is 10.7 Å². The van der Waals surface area contributed by atoms with Gasteiger partial charge in [-0.05, 0) is 13.1 Å². The van der Waals surface area contributed by atoms with Gasteiger partial charge in [0.1, 0.15) is 0 Å². The summed E-state index contributed by atoms with van der Waals surface area (Å²) in [5.41, 5.74) is 5.12. The third kappa shape index (κ3) is 2.79. The molecule has 0 unspecified atom stereocenters. The molecule has 0 bridgehead atoms. The average molecular weight is 170 g/mol. The van der Waals surface area contributed by atoms with Crippen molar-refractivity contribution in [3.05, 3.63) is 5.32 Å². The predicted octanol–water partition coefficient (Wildman–Crippen LogP) is -3.31. The molecule has 0 radical (unpaired) electrons. The van der Waals surface area contributed by atoms with Gasteiger partial charge in [-0.2, -0.15) is 0 Å². The molecule has 0 fully saturated rings. The molecule has 7 heavy (non-hydrogen) atoms. The zero-order valence-corrected chi connectivity index (χ0v) is 9.30. The van der Waals surface area contributed by atoms with E-state index >= 15 is 0 Å². The van der Waals surface area contributed by atoms with Gasteiger partial charge in [0.15, 0.2) is 0 Å². The Hall–Kier alpha value is 1.08. The van der Waals surface area contributed by atoms with Crippen molar-refractivity contribution in [3.63, 3.8) is 0 Å². The first-order valence-electron chi connectivity index (χ1n) is 1.87. The Morgan fingerprint density at radius 3 is 2.57 bits per heavy atom. The molecule has 0 aromatic rings. The van der Waals surface area contributed by atoms with E-state index in [4.69, 9.17) is 5.73 Å².